The minimum atomic E-state index is -0.230. The van der Waals surface area contributed by atoms with Crippen LogP contribution in [0.3, 0.4) is 0 Å². The van der Waals surface area contributed by atoms with E-state index in [1.54, 1.807) is 0 Å². The quantitative estimate of drug-likeness (QED) is 0.729. The molecule has 0 atom stereocenters. The topological polar surface area (TPSA) is 23.4 Å². The Morgan fingerprint density at radius 1 is 0.905 bits per heavy atom. The van der Waals surface area contributed by atoms with Gasteiger partial charge in [0.1, 0.15) is 0 Å². The highest BCUT2D eigenvalue weighted by Gasteiger charge is 2.22. The third kappa shape index (κ3) is 2.35. The van der Waals surface area contributed by atoms with Crippen LogP contribution in [0.5, 0.6) is 0 Å². The predicted molar refractivity (Wildman–Crippen MR) is 82.1 cm³/mol. The van der Waals surface area contributed by atoms with E-state index < -0.39 is 0 Å². The smallest absolute Gasteiger partial charge is 0.186 e. The van der Waals surface area contributed by atoms with Crippen molar-refractivity contribution in [3.8, 4) is 0 Å². The van der Waals surface area contributed by atoms with Gasteiger partial charge in [0.2, 0.25) is 0 Å². The van der Waals surface area contributed by atoms with Crippen LogP contribution in [0.25, 0.3) is 10.9 Å². The van der Waals surface area contributed by atoms with Crippen molar-refractivity contribution in [2.24, 2.45) is 0 Å². The number of nitrogens with zero attached hydrogens (tertiary/aromatic N) is 1. The van der Waals surface area contributed by atoms with Crippen LogP contribution < -0.4 is 0 Å². The molecule has 0 aliphatic carbocycles. The van der Waals surface area contributed by atoms with Crippen LogP contribution >= 0.6 is 0 Å². The molecule has 3 heteroatoms. The molecule has 2 heterocycles. The summed E-state index contributed by atoms with van der Waals surface area (Å²) in [6.45, 7) is 2.19. The van der Waals surface area contributed by atoms with Gasteiger partial charge < -0.3 is 14.0 Å². The number of benzene rings is 2. The number of para-hydroxylation sites is 1. The second-order valence-corrected chi connectivity index (χ2v) is 5.29. The summed E-state index contributed by atoms with van der Waals surface area (Å²) in [4.78, 5) is 0. The molecule has 3 nitrogen and oxygen atoms in total. The van der Waals surface area contributed by atoms with Crippen molar-refractivity contribution < 1.29 is 9.47 Å². The molecule has 0 unspecified atom stereocenters. The predicted octanol–water partition coefficient (Wildman–Crippen LogP) is 3.74. The second kappa shape index (κ2) is 5.35. The molecule has 0 saturated carbocycles. The van der Waals surface area contributed by atoms with Crippen molar-refractivity contribution >= 4 is 10.9 Å². The van der Waals surface area contributed by atoms with Crippen LogP contribution in [0, 0.1) is 0 Å². The van der Waals surface area contributed by atoms with Gasteiger partial charge in [-0.1, -0.05) is 48.5 Å². The van der Waals surface area contributed by atoms with Crippen LogP contribution in [0.4, 0.5) is 0 Å². The summed E-state index contributed by atoms with van der Waals surface area (Å²) in [5, 5.41) is 1.21. The van der Waals surface area contributed by atoms with Crippen LogP contribution in [-0.4, -0.2) is 17.8 Å². The van der Waals surface area contributed by atoms with E-state index in [2.05, 4.69) is 59.3 Å². The maximum Gasteiger partial charge on any atom is 0.186 e. The molecular formula is C18H17NO2. The summed E-state index contributed by atoms with van der Waals surface area (Å²) in [5.74, 6) is 0. The van der Waals surface area contributed by atoms with E-state index >= 15 is 0 Å². The molecule has 0 radical (unpaired) electrons. The minimum absolute atomic E-state index is 0.230. The molecule has 0 amide bonds. The Bertz CT molecular complexity index is 742. The summed E-state index contributed by atoms with van der Waals surface area (Å²) >= 11 is 0. The lowest BCUT2D eigenvalue weighted by Crippen LogP contribution is -1.99. The first-order chi connectivity index (χ1) is 10.4. The van der Waals surface area contributed by atoms with E-state index in [4.69, 9.17) is 9.47 Å². The Morgan fingerprint density at radius 2 is 1.62 bits per heavy atom. The zero-order valence-electron chi connectivity index (χ0n) is 11.7. The van der Waals surface area contributed by atoms with E-state index in [0.717, 1.165) is 12.1 Å². The maximum atomic E-state index is 5.68. The lowest BCUT2D eigenvalue weighted by atomic mass is 10.2. The van der Waals surface area contributed by atoms with Gasteiger partial charge in [-0.2, -0.15) is 0 Å². The van der Waals surface area contributed by atoms with Gasteiger partial charge in [0.05, 0.1) is 13.2 Å². The molecule has 1 aromatic heterocycles. The largest absolute Gasteiger partial charge is 0.346 e. The normalized spacial score (nSPS) is 15.8. The third-order valence-electron chi connectivity index (χ3n) is 3.89. The molecule has 0 N–H and O–H groups in total. The number of rotatable bonds is 3. The number of fused-ring (bicyclic) bond motifs is 1. The van der Waals surface area contributed by atoms with E-state index in [0.29, 0.717) is 13.2 Å². The van der Waals surface area contributed by atoms with E-state index in [1.165, 1.54) is 16.5 Å². The van der Waals surface area contributed by atoms with Gasteiger partial charge in [-0.15, -0.1) is 0 Å². The number of hydrogen-bond donors (Lipinski definition) is 0. The van der Waals surface area contributed by atoms with Crippen molar-refractivity contribution in [1.29, 1.82) is 0 Å². The fourth-order valence-electron chi connectivity index (χ4n) is 2.91. The Hall–Kier alpha value is -2.10. The molecule has 2 aromatic carbocycles. The molecular weight excluding hydrogens is 262 g/mol. The van der Waals surface area contributed by atoms with Gasteiger partial charge in [-0.05, 0) is 11.6 Å². The highest BCUT2D eigenvalue weighted by Crippen LogP contribution is 2.32. The van der Waals surface area contributed by atoms with E-state index in [9.17, 15) is 0 Å². The second-order valence-electron chi connectivity index (χ2n) is 5.29. The molecule has 106 valence electrons. The average molecular weight is 279 g/mol. The lowest BCUT2D eigenvalue weighted by molar-refractivity contribution is -0.0431. The Labute approximate surface area is 123 Å². The first-order valence-electron chi connectivity index (χ1n) is 7.27. The zero-order valence-corrected chi connectivity index (χ0v) is 11.7. The number of ether oxygens (including phenoxy) is 2. The summed E-state index contributed by atoms with van der Waals surface area (Å²) in [7, 11) is 0. The number of hydrogen-bond acceptors (Lipinski definition) is 2. The number of aromatic nitrogens is 1. The molecule has 0 bridgehead atoms. The molecule has 4 rings (SSSR count). The van der Waals surface area contributed by atoms with Crippen molar-refractivity contribution in [3.05, 3.63) is 71.9 Å². The van der Waals surface area contributed by atoms with E-state index in [1.807, 2.05) is 6.07 Å². The molecule has 21 heavy (non-hydrogen) atoms. The highest BCUT2D eigenvalue weighted by atomic mass is 16.7. The lowest BCUT2D eigenvalue weighted by Gasteiger charge is -2.07. The Kier molecular flexibility index (Phi) is 3.22. The van der Waals surface area contributed by atoms with Gasteiger partial charge in [-0.3, -0.25) is 0 Å². The van der Waals surface area contributed by atoms with Gasteiger partial charge in [-0.25, -0.2) is 0 Å². The standard InChI is InChI=1S/C18H17NO2/c1-2-6-14(7-3-1)12-19-13-16(18-20-10-11-21-18)15-8-4-5-9-17(15)19/h1-9,13,18H,10-12H2. The van der Waals surface area contributed by atoms with Crippen molar-refractivity contribution in [2.75, 3.05) is 13.2 Å². The van der Waals surface area contributed by atoms with Crippen LogP contribution in [0.2, 0.25) is 0 Å². The van der Waals surface area contributed by atoms with Crippen molar-refractivity contribution in [1.82, 2.24) is 4.57 Å². The average Bonchev–Trinajstić information content (AvgIpc) is 3.17. The molecule has 3 aromatic rings. The minimum Gasteiger partial charge on any atom is -0.346 e. The molecule has 1 fully saturated rings. The van der Waals surface area contributed by atoms with E-state index in [-0.39, 0.29) is 6.29 Å². The Morgan fingerprint density at radius 3 is 2.43 bits per heavy atom. The maximum absolute atomic E-state index is 5.68. The Balaban J connectivity index is 1.78. The molecule has 1 aliphatic heterocycles. The summed E-state index contributed by atoms with van der Waals surface area (Å²) in [6.07, 6.45) is 1.93. The zero-order chi connectivity index (χ0) is 14.1. The first-order valence-corrected chi connectivity index (χ1v) is 7.27. The SMILES string of the molecule is c1ccc(Cn2cc(C3OCCO3)c3ccccc32)cc1. The van der Waals surface area contributed by atoms with Gasteiger partial charge in [0.15, 0.2) is 6.29 Å². The highest BCUT2D eigenvalue weighted by molar-refractivity contribution is 5.84. The summed E-state index contributed by atoms with van der Waals surface area (Å²) in [5.41, 5.74) is 3.63. The van der Waals surface area contributed by atoms with Crippen molar-refractivity contribution in [3.63, 3.8) is 0 Å². The van der Waals surface area contributed by atoms with Gasteiger partial charge in [0, 0.05) is 29.2 Å². The van der Waals surface area contributed by atoms with Crippen LogP contribution in [-0.2, 0) is 16.0 Å². The van der Waals surface area contributed by atoms with Gasteiger partial charge in [0.25, 0.3) is 0 Å². The third-order valence-corrected chi connectivity index (χ3v) is 3.89. The fraction of sp³-hybridized carbons (Fsp3) is 0.222. The van der Waals surface area contributed by atoms with Gasteiger partial charge >= 0.3 is 0 Å². The molecule has 0 spiro atoms. The van der Waals surface area contributed by atoms with Crippen LogP contribution in [0.15, 0.2) is 60.8 Å². The monoisotopic (exact) mass is 279 g/mol. The van der Waals surface area contributed by atoms with Crippen molar-refractivity contribution in [2.45, 2.75) is 12.8 Å². The summed E-state index contributed by atoms with van der Waals surface area (Å²) in [6, 6.07) is 18.9. The first kappa shape index (κ1) is 12.6. The summed E-state index contributed by atoms with van der Waals surface area (Å²) < 4.78 is 13.6. The molecule has 1 saturated heterocycles. The fourth-order valence-corrected chi connectivity index (χ4v) is 2.91. The molecule has 1 aliphatic rings. The van der Waals surface area contributed by atoms with Crippen LogP contribution in [0.1, 0.15) is 17.4 Å².